The van der Waals surface area contributed by atoms with Gasteiger partial charge in [0.05, 0.1) is 32.3 Å². The fourth-order valence-electron chi connectivity index (χ4n) is 0.865. The topological polar surface area (TPSA) is 59.3 Å². The molecule has 0 bridgehead atoms. The van der Waals surface area contributed by atoms with Gasteiger partial charge in [0.1, 0.15) is 6.10 Å². The van der Waals surface area contributed by atoms with Gasteiger partial charge >= 0.3 is 0 Å². The monoisotopic (exact) mass is 155 g/mol. The average molecular weight is 155 g/mol. The fraction of sp³-hybridized carbons (Fsp3) is 0.714. The summed E-state index contributed by atoms with van der Waals surface area (Å²) in [6.45, 7) is 1.28. The SMILES string of the molecule is N#CCC(=O)C1COCCO1. The number of hydrogen-bond donors (Lipinski definition) is 0. The molecule has 1 fully saturated rings. The van der Waals surface area contributed by atoms with Crippen LogP contribution in [-0.2, 0) is 14.3 Å². The van der Waals surface area contributed by atoms with Gasteiger partial charge in [0.15, 0.2) is 5.78 Å². The lowest BCUT2D eigenvalue weighted by molar-refractivity contribution is -0.144. The minimum atomic E-state index is -0.511. The maximum absolute atomic E-state index is 11.0. The molecule has 4 nitrogen and oxygen atoms in total. The third-order valence-corrected chi connectivity index (χ3v) is 1.43. The zero-order valence-corrected chi connectivity index (χ0v) is 6.08. The summed E-state index contributed by atoms with van der Waals surface area (Å²) in [6, 6.07) is 1.78. The van der Waals surface area contributed by atoms with Gasteiger partial charge in [-0.15, -0.1) is 0 Å². The van der Waals surface area contributed by atoms with E-state index in [0.717, 1.165) is 0 Å². The van der Waals surface area contributed by atoms with Gasteiger partial charge in [0.2, 0.25) is 0 Å². The largest absolute Gasteiger partial charge is 0.376 e. The number of nitriles is 1. The lowest BCUT2D eigenvalue weighted by Crippen LogP contribution is -2.35. The second-order valence-corrected chi connectivity index (χ2v) is 2.24. The van der Waals surface area contributed by atoms with E-state index < -0.39 is 6.10 Å². The maximum atomic E-state index is 11.0. The van der Waals surface area contributed by atoms with Gasteiger partial charge in [-0.1, -0.05) is 0 Å². The van der Waals surface area contributed by atoms with Gasteiger partial charge in [-0.2, -0.15) is 5.26 Å². The smallest absolute Gasteiger partial charge is 0.177 e. The molecule has 11 heavy (non-hydrogen) atoms. The summed E-state index contributed by atoms with van der Waals surface area (Å²) < 4.78 is 10.1. The van der Waals surface area contributed by atoms with E-state index in [1.807, 2.05) is 0 Å². The summed E-state index contributed by atoms with van der Waals surface area (Å²) in [7, 11) is 0. The van der Waals surface area contributed by atoms with Crippen LogP contribution in [0.2, 0.25) is 0 Å². The Kier molecular flexibility index (Phi) is 3.02. The first-order valence-corrected chi connectivity index (χ1v) is 3.43. The van der Waals surface area contributed by atoms with Crippen LogP contribution in [0, 0.1) is 11.3 Å². The van der Waals surface area contributed by atoms with Crippen molar-refractivity contribution < 1.29 is 14.3 Å². The minimum absolute atomic E-state index is 0.0893. The number of hydrogen-bond acceptors (Lipinski definition) is 4. The van der Waals surface area contributed by atoms with Crippen molar-refractivity contribution in [2.24, 2.45) is 0 Å². The standard InChI is InChI=1S/C7H9NO3/c8-2-1-6(9)7-5-10-3-4-11-7/h7H,1,3-5H2. The maximum Gasteiger partial charge on any atom is 0.177 e. The Morgan fingerprint density at radius 1 is 1.64 bits per heavy atom. The predicted molar refractivity (Wildman–Crippen MR) is 35.8 cm³/mol. The van der Waals surface area contributed by atoms with Crippen LogP contribution in [0.4, 0.5) is 0 Å². The average Bonchev–Trinajstić information content (AvgIpc) is 2.07. The molecule has 0 aromatic heterocycles. The van der Waals surface area contributed by atoms with Crippen molar-refractivity contribution in [3.63, 3.8) is 0 Å². The van der Waals surface area contributed by atoms with Crippen LogP contribution in [0.25, 0.3) is 0 Å². The first-order chi connectivity index (χ1) is 5.34. The van der Waals surface area contributed by atoms with Gasteiger partial charge in [0.25, 0.3) is 0 Å². The van der Waals surface area contributed by atoms with Crippen molar-refractivity contribution in [2.75, 3.05) is 19.8 Å². The van der Waals surface area contributed by atoms with Crippen molar-refractivity contribution in [3.05, 3.63) is 0 Å². The van der Waals surface area contributed by atoms with Gasteiger partial charge in [0, 0.05) is 0 Å². The molecule has 1 aliphatic heterocycles. The highest BCUT2D eigenvalue weighted by atomic mass is 16.6. The first kappa shape index (κ1) is 8.18. The van der Waals surface area contributed by atoms with E-state index in [-0.39, 0.29) is 12.2 Å². The number of carbonyl (C=O) groups excluding carboxylic acids is 1. The molecule has 0 radical (unpaired) electrons. The minimum Gasteiger partial charge on any atom is -0.376 e. The predicted octanol–water partition coefficient (Wildman–Crippen LogP) is -0.115. The molecule has 1 saturated heterocycles. The van der Waals surface area contributed by atoms with E-state index in [4.69, 9.17) is 14.7 Å². The van der Waals surface area contributed by atoms with Gasteiger partial charge in [-0.3, -0.25) is 4.79 Å². The molecule has 1 heterocycles. The Morgan fingerprint density at radius 3 is 3.00 bits per heavy atom. The molecular formula is C7H9NO3. The number of ether oxygens (including phenoxy) is 2. The summed E-state index contributed by atoms with van der Waals surface area (Å²) in [5.74, 6) is -0.188. The van der Waals surface area contributed by atoms with Crippen molar-refractivity contribution in [2.45, 2.75) is 12.5 Å². The van der Waals surface area contributed by atoms with Crippen molar-refractivity contribution in [1.29, 1.82) is 5.26 Å². The molecule has 0 amide bonds. The number of rotatable bonds is 2. The molecule has 0 spiro atoms. The third-order valence-electron chi connectivity index (χ3n) is 1.43. The molecule has 1 atom stereocenters. The molecular weight excluding hydrogens is 146 g/mol. The Bertz CT molecular complexity index is 179. The summed E-state index contributed by atoms with van der Waals surface area (Å²) in [6.07, 6.45) is -0.600. The van der Waals surface area contributed by atoms with E-state index in [0.29, 0.717) is 19.8 Å². The Labute approximate surface area is 64.7 Å². The lowest BCUT2D eigenvalue weighted by atomic mass is 10.2. The molecule has 0 saturated carbocycles. The van der Waals surface area contributed by atoms with E-state index in [1.165, 1.54) is 0 Å². The van der Waals surface area contributed by atoms with Gasteiger partial charge in [-0.05, 0) is 0 Å². The first-order valence-electron chi connectivity index (χ1n) is 3.43. The molecule has 1 rings (SSSR count). The lowest BCUT2D eigenvalue weighted by Gasteiger charge is -2.20. The summed E-state index contributed by atoms with van der Waals surface area (Å²) in [5.41, 5.74) is 0. The Balaban J connectivity index is 2.34. The second kappa shape index (κ2) is 4.06. The van der Waals surface area contributed by atoms with Crippen LogP contribution in [-0.4, -0.2) is 31.7 Å². The highest BCUT2D eigenvalue weighted by Crippen LogP contribution is 2.03. The number of carbonyl (C=O) groups is 1. The van der Waals surface area contributed by atoms with Crippen molar-refractivity contribution in [3.8, 4) is 6.07 Å². The van der Waals surface area contributed by atoms with Crippen LogP contribution in [0.1, 0.15) is 6.42 Å². The van der Waals surface area contributed by atoms with Crippen LogP contribution >= 0.6 is 0 Å². The fourth-order valence-corrected chi connectivity index (χ4v) is 0.865. The molecule has 1 unspecified atom stereocenters. The number of Topliss-reactive ketones (excluding diaryl/α,β-unsaturated/α-hetero) is 1. The van der Waals surface area contributed by atoms with Crippen LogP contribution < -0.4 is 0 Å². The van der Waals surface area contributed by atoms with Gasteiger partial charge in [-0.25, -0.2) is 0 Å². The number of ketones is 1. The number of nitrogens with zero attached hydrogens (tertiary/aromatic N) is 1. The highest BCUT2D eigenvalue weighted by Gasteiger charge is 2.21. The van der Waals surface area contributed by atoms with Crippen molar-refractivity contribution in [1.82, 2.24) is 0 Å². The summed E-state index contributed by atoms with van der Waals surface area (Å²) >= 11 is 0. The molecule has 0 aliphatic carbocycles. The van der Waals surface area contributed by atoms with Crippen LogP contribution in [0.15, 0.2) is 0 Å². The Morgan fingerprint density at radius 2 is 2.45 bits per heavy atom. The highest BCUT2D eigenvalue weighted by molar-refractivity contribution is 5.85. The molecule has 1 aliphatic rings. The van der Waals surface area contributed by atoms with Crippen LogP contribution in [0.3, 0.4) is 0 Å². The van der Waals surface area contributed by atoms with E-state index in [2.05, 4.69) is 0 Å². The molecule has 0 N–H and O–H groups in total. The van der Waals surface area contributed by atoms with E-state index >= 15 is 0 Å². The van der Waals surface area contributed by atoms with Crippen LogP contribution in [0.5, 0.6) is 0 Å². The summed E-state index contributed by atoms with van der Waals surface area (Å²) in [4.78, 5) is 11.0. The molecule has 4 heteroatoms. The normalized spacial score (nSPS) is 24.1. The van der Waals surface area contributed by atoms with E-state index in [9.17, 15) is 4.79 Å². The van der Waals surface area contributed by atoms with E-state index in [1.54, 1.807) is 6.07 Å². The second-order valence-electron chi connectivity index (χ2n) is 2.24. The zero-order chi connectivity index (χ0) is 8.10. The van der Waals surface area contributed by atoms with Gasteiger partial charge < -0.3 is 9.47 Å². The van der Waals surface area contributed by atoms with Crippen molar-refractivity contribution >= 4 is 5.78 Å². The zero-order valence-electron chi connectivity index (χ0n) is 6.08. The molecule has 0 aromatic carbocycles. The molecule has 60 valence electrons. The third kappa shape index (κ3) is 2.30. The molecule has 0 aromatic rings. The summed E-state index contributed by atoms with van der Waals surface area (Å²) in [5, 5.41) is 8.20. The quantitative estimate of drug-likeness (QED) is 0.558. The Hall–Kier alpha value is -0.920.